The third kappa shape index (κ3) is 6.88. The van der Waals surface area contributed by atoms with Crippen LogP contribution in [0.4, 0.5) is 45.5 Å². The van der Waals surface area contributed by atoms with E-state index in [9.17, 15) is 0 Å². The molecule has 0 atom stereocenters. The van der Waals surface area contributed by atoms with Gasteiger partial charge in [0.25, 0.3) is 0 Å². The van der Waals surface area contributed by atoms with Crippen molar-refractivity contribution >= 4 is 85.2 Å². The van der Waals surface area contributed by atoms with Crippen LogP contribution in [0.1, 0.15) is 132 Å². The molecule has 3 aliphatic heterocycles. The molecule has 406 valence electrons. The van der Waals surface area contributed by atoms with Gasteiger partial charge in [-0.15, -0.1) is 0 Å². The monoisotopic (exact) mass is 1080 g/mol. The van der Waals surface area contributed by atoms with Crippen LogP contribution in [0.5, 0.6) is 0 Å². The lowest BCUT2D eigenvalue weighted by Gasteiger charge is -2.52. The summed E-state index contributed by atoms with van der Waals surface area (Å²) in [5.41, 5.74) is 30.1. The number of rotatable bonds is 4. The Balaban J connectivity index is 1.07. The van der Waals surface area contributed by atoms with Gasteiger partial charge in [-0.2, -0.15) is 0 Å². The first-order valence-electron chi connectivity index (χ1n) is 30.2. The second kappa shape index (κ2) is 17.0. The van der Waals surface area contributed by atoms with Crippen molar-refractivity contribution in [3.8, 4) is 22.3 Å². The molecule has 1 aromatic heterocycles. The smallest absolute Gasteiger partial charge is 0.333 e. The van der Waals surface area contributed by atoms with E-state index in [0.717, 1.165) is 63.1 Å². The highest BCUT2D eigenvalue weighted by Crippen LogP contribution is 2.65. The van der Waals surface area contributed by atoms with Gasteiger partial charge in [0, 0.05) is 56.1 Å². The van der Waals surface area contributed by atoms with Crippen LogP contribution in [0.2, 0.25) is 0 Å². The topological polar surface area (TPSA) is 22.9 Å². The van der Waals surface area contributed by atoms with E-state index in [-0.39, 0.29) is 28.5 Å². The SMILES string of the molecule is Cc1cc2c(cc1N1B3c4cccc5c4N(c4ccccc4C54c5ccccc5-c5ccccc54)c4cc(N(c5ccc(C(C)(C)C)cc5)c5ccc(C(C)(C)C)cc5)cc(c43)-c3c1ccc1c3oc3ccccc31)C(C)(C)CCC2(C)C. The molecule has 0 amide bonds. The molecule has 0 fully saturated rings. The van der Waals surface area contributed by atoms with Crippen molar-refractivity contribution in [1.29, 1.82) is 0 Å². The van der Waals surface area contributed by atoms with E-state index < -0.39 is 5.41 Å². The zero-order valence-electron chi connectivity index (χ0n) is 49.8. The third-order valence-corrected chi connectivity index (χ3v) is 20.1. The summed E-state index contributed by atoms with van der Waals surface area (Å²) in [4.78, 5) is 7.95. The fourth-order valence-electron chi connectivity index (χ4n) is 15.8. The molecule has 83 heavy (non-hydrogen) atoms. The highest BCUT2D eigenvalue weighted by Gasteiger charge is 2.56. The van der Waals surface area contributed by atoms with E-state index in [1.807, 2.05) is 0 Å². The summed E-state index contributed by atoms with van der Waals surface area (Å²) < 4.78 is 7.34. The molecule has 0 radical (unpaired) electrons. The molecule has 1 spiro atoms. The maximum Gasteiger partial charge on any atom is 0.333 e. The Kier molecular flexibility index (Phi) is 10.3. The van der Waals surface area contributed by atoms with Crippen LogP contribution in [0.3, 0.4) is 0 Å². The fraction of sp³-hybridized carbons (Fsp3) is 0.231. The molecular weight excluding hydrogens is 1010 g/mol. The molecule has 0 N–H and O–H groups in total. The summed E-state index contributed by atoms with van der Waals surface area (Å²) in [5.74, 6) is 0. The van der Waals surface area contributed by atoms with Crippen LogP contribution in [0.25, 0.3) is 44.2 Å². The number of anilines is 8. The molecule has 4 heterocycles. The number of aryl methyl sites for hydroxylation is 1. The molecule has 2 aliphatic carbocycles. The second-order valence-corrected chi connectivity index (χ2v) is 28.0. The van der Waals surface area contributed by atoms with Gasteiger partial charge in [0.15, 0.2) is 0 Å². The summed E-state index contributed by atoms with van der Waals surface area (Å²) in [6, 6.07) is 77.4. The molecule has 0 bridgehead atoms. The van der Waals surface area contributed by atoms with Gasteiger partial charge in [-0.3, -0.25) is 0 Å². The predicted octanol–water partition coefficient (Wildman–Crippen LogP) is 19.7. The summed E-state index contributed by atoms with van der Waals surface area (Å²) in [6.07, 6.45) is 2.29. The number of hydrogen-bond donors (Lipinski definition) is 0. The number of hydrogen-bond acceptors (Lipinski definition) is 4. The molecule has 16 rings (SSSR count). The second-order valence-electron chi connectivity index (χ2n) is 28.0. The van der Waals surface area contributed by atoms with Crippen molar-refractivity contribution < 1.29 is 4.42 Å². The lowest BCUT2D eigenvalue weighted by molar-refractivity contribution is 0.332. The summed E-state index contributed by atoms with van der Waals surface area (Å²) in [5, 5.41) is 2.25. The highest BCUT2D eigenvalue weighted by atomic mass is 16.3. The largest absolute Gasteiger partial charge is 0.455 e. The van der Waals surface area contributed by atoms with Crippen LogP contribution in [0, 0.1) is 6.92 Å². The van der Waals surface area contributed by atoms with Crippen molar-refractivity contribution in [2.24, 2.45) is 0 Å². The van der Waals surface area contributed by atoms with E-state index in [1.165, 1.54) is 100 Å². The van der Waals surface area contributed by atoms with Gasteiger partial charge in [-0.25, -0.2) is 0 Å². The Labute approximate surface area is 490 Å². The first-order valence-corrected chi connectivity index (χ1v) is 30.2. The van der Waals surface area contributed by atoms with Crippen LogP contribution < -0.4 is 25.5 Å². The highest BCUT2D eigenvalue weighted by molar-refractivity contribution is 6.94. The Morgan fingerprint density at radius 2 is 1.02 bits per heavy atom. The lowest BCUT2D eigenvalue weighted by Crippen LogP contribution is -2.63. The number of nitrogens with zero attached hydrogens (tertiary/aromatic N) is 3. The van der Waals surface area contributed by atoms with E-state index in [0.29, 0.717) is 0 Å². The summed E-state index contributed by atoms with van der Waals surface area (Å²) >= 11 is 0. The van der Waals surface area contributed by atoms with Gasteiger partial charge in [0.1, 0.15) is 11.2 Å². The third-order valence-electron chi connectivity index (χ3n) is 20.1. The number of para-hydroxylation sites is 3. The minimum Gasteiger partial charge on any atom is -0.455 e. The minimum atomic E-state index is -0.589. The van der Waals surface area contributed by atoms with Gasteiger partial charge >= 0.3 is 6.85 Å². The molecule has 0 unspecified atom stereocenters. The van der Waals surface area contributed by atoms with E-state index in [1.54, 1.807) is 0 Å². The average molecular weight is 1080 g/mol. The molecule has 5 heteroatoms. The Morgan fingerprint density at radius 1 is 0.458 bits per heavy atom. The quantitative estimate of drug-likeness (QED) is 0.164. The molecule has 10 aromatic carbocycles. The van der Waals surface area contributed by atoms with Crippen molar-refractivity contribution in [3.05, 3.63) is 250 Å². The van der Waals surface area contributed by atoms with Crippen LogP contribution >= 0.6 is 0 Å². The number of furan rings is 1. The van der Waals surface area contributed by atoms with Crippen LogP contribution in [-0.4, -0.2) is 6.85 Å². The Hall–Kier alpha value is -8.54. The zero-order valence-corrected chi connectivity index (χ0v) is 49.8. The van der Waals surface area contributed by atoms with Gasteiger partial charge in [-0.1, -0.05) is 203 Å². The average Bonchev–Trinajstić information content (AvgIpc) is 1.80. The Bertz CT molecular complexity index is 4460. The number of benzene rings is 10. The molecule has 5 aliphatic rings. The van der Waals surface area contributed by atoms with Gasteiger partial charge in [0.05, 0.1) is 11.1 Å². The minimum absolute atomic E-state index is 0.0108. The van der Waals surface area contributed by atoms with Gasteiger partial charge in [0.2, 0.25) is 0 Å². The van der Waals surface area contributed by atoms with Crippen molar-refractivity contribution in [2.75, 3.05) is 14.6 Å². The fourth-order valence-corrected chi connectivity index (χ4v) is 15.8. The normalized spacial score (nSPS) is 16.3. The molecular formula is C78H70BN3O. The molecule has 11 aromatic rings. The molecule has 4 nitrogen and oxygen atoms in total. The van der Waals surface area contributed by atoms with E-state index >= 15 is 0 Å². The maximum absolute atomic E-state index is 7.34. The van der Waals surface area contributed by atoms with Crippen LogP contribution in [0.15, 0.2) is 205 Å². The predicted molar refractivity (Wildman–Crippen MR) is 350 cm³/mol. The first kappa shape index (κ1) is 50.2. The summed E-state index contributed by atoms with van der Waals surface area (Å²) in [7, 11) is 0. The van der Waals surface area contributed by atoms with Crippen molar-refractivity contribution in [3.63, 3.8) is 0 Å². The number of fused-ring (bicyclic) bond motifs is 18. The van der Waals surface area contributed by atoms with Crippen molar-refractivity contribution in [2.45, 2.75) is 116 Å². The maximum atomic E-state index is 7.34. The van der Waals surface area contributed by atoms with Crippen molar-refractivity contribution in [1.82, 2.24) is 0 Å². The zero-order chi connectivity index (χ0) is 56.9. The molecule has 0 saturated heterocycles. The van der Waals surface area contributed by atoms with Crippen LogP contribution in [-0.2, 0) is 27.1 Å². The Morgan fingerprint density at radius 3 is 1.66 bits per heavy atom. The van der Waals surface area contributed by atoms with Gasteiger partial charge < -0.3 is 19.0 Å². The lowest BCUT2D eigenvalue weighted by atomic mass is 9.42. The first-order chi connectivity index (χ1) is 39.8. The summed E-state index contributed by atoms with van der Waals surface area (Å²) in [6.45, 7) is 25.8. The van der Waals surface area contributed by atoms with E-state index in [4.69, 9.17) is 4.42 Å². The molecule has 0 saturated carbocycles. The standard InChI is InChI=1S/C78H70BN3O/c1-47-43-62-63(77(10,11)42-41-76(62,8)9)46-67(47)82-66-40-39-56-55-23-14-19-30-69(55)83-73(56)70(66)57-44-52(80(50-35-31-48(32-36-50)74(2,3)4)51-37-33-49(34-38-51)75(5,6)7)45-68-71(57)79(82)64-28-20-27-61-72(64)81(68)65-29-18-17-26-60(65)78(61)58-24-15-12-21-53(58)54-22-13-16-25-59(54)78/h12-40,43-46H,41-42H2,1-11H3. The van der Waals surface area contributed by atoms with E-state index in [2.05, 4.69) is 291 Å². The van der Waals surface area contributed by atoms with Gasteiger partial charge in [-0.05, 0) is 186 Å².